The maximum Gasteiger partial charge on any atom is 0.130 e. The van der Waals surface area contributed by atoms with Crippen LogP contribution in [0.1, 0.15) is 45.6 Å². The summed E-state index contributed by atoms with van der Waals surface area (Å²) in [4.78, 5) is 10.9. The first kappa shape index (κ1) is 15.0. The molecule has 1 heterocycles. The lowest BCUT2D eigenvalue weighted by molar-refractivity contribution is -0.116. The van der Waals surface area contributed by atoms with Gasteiger partial charge in [0.05, 0.1) is 11.7 Å². The number of carbonyl (C=O) groups excluding carboxylic acids is 1. The molecule has 0 amide bonds. The van der Waals surface area contributed by atoms with Crippen molar-refractivity contribution in [3.8, 4) is 5.75 Å². The Bertz CT molecular complexity index is 448. The Morgan fingerprint density at radius 1 is 1.35 bits per heavy atom. The molecule has 2 rings (SSSR count). The van der Waals surface area contributed by atoms with Crippen molar-refractivity contribution in [2.45, 2.75) is 58.2 Å². The Kier molecular flexibility index (Phi) is 4.81. The van der Waals surface area contributed by atoms with Gasteiger partial charge in [-0.15, -0.1) is 0 Å². The highest BCUT2D eigenvalue weighted by atomic mass is 16.6. The average Bonchev–Trinajstić information content (AvgIpc) is 2.75. The number of hydrogen-bond acceptors (Lipinski definition) is 3. The Morgan fingerprint density at radius 3 is 2.60 bits per heavy atom. The van der Waals surface area contributed by atoms with Gasteiger partial charge in [0.25, 0.3) is 0 Å². The van der Waals surface area contributed by atoms with E-state index in [4.69, 9.17) is 9.47 Å². The van der Waals surface area contributed by atoms with Crippen molar-refractivity contribution < 1.29 is 14.3 Å². The van der Waals surface area contributed by atoms with E-state index < -0.39 is 0 Å². The van der Waals surface area contributed by atoms with Gasteiger partial charge in [-0.05, 0) is 57.7 Å². The van der Waals surface area contributed by atoms with Crippen LogP contribution >= 0.6 is 0 Å². The Morgan fingerprint density at radius 2 is 2.05 bits per heavy atom. The maximum absolute atomic E-state index is 10.9. The van der Waals surface area contributed by atoms with Crippen molar-refractivity contribution in [2.75, 3.05) is 6.61 Å². The highest BCUT2D eigenvalue weighted by Gasteiger charge is 2.31. The van der Waals surface area contributed by atoms with Crippen LogP contribution in [0.25, 0.3) is 0 Å². The first-order chi connectivity index (χ1) is 9.44. The molecule has 1 saturated heterocycles. The molecule has 0 saturated carbocycles. The van der Waals surface area contributed by atoms with E-state index in [0.717, 1.165) is 25.0 Å². The van der Waals surface area contributed by atoms with E-state index >= 15 is 0 Å². The molecule has 1 aliphatic rings. The number of carbonyl (C=O) groups is 1. The first-order valence-corrected chi connectivity index (χ1v) is 7.34. The summed E-state index contributed by atoms with van der Waals surface area (Å²) in [5.41, 5.74) is 1.16. The minimum atomic E-state index is -0.00935. The summed E-state index contributed by atoms with van der Waals surface area (Å²) in [7, 11) is 0. The van der Waals surface area contributed by atoms with Gasteiger partial charge in [-0.25, -0.2) is 0 Å². The zero-order valence-corrected chi connectivity index (χ0v) is 12.6. The molecule has 0 spiro atoms. The Hall–Kier alpha value is -1.35. The smallest absolute Gasteiger partial charge is 0.130 e. The third kappa shape index (κ3) is 4.64. The van der Waals surface area contributed by atoms with E-state index in [1.54, 1.807) is 6.92 Å². The number of aryl methyl sites for hydroxylation is 1. The Labute approximate surface area is 121 Å². The normalized spacial score (nSPS) is 20.9. The molecule has 1 aromatic rings. The maximum atomic E-state index is 10.9. The van der Waals surface area contributed by atoms with Gasteiger partial charge >= 0.3 is 0 Å². The summed E-state index contributed by atoms with van der Waals surface area (Å²) in [5, 5.41) is 0. The van der Waals surface area contributed by atoms with E-state index in [1.165, 1.54) is 5.56 Å². The summed E-state index contributed by atoms with van der Waals surface area (Å²) < 4.78 is 11.7. The van der Waals surface area contributed by atoms with Crippen LogP contribution in [0.5, 0.6) is 5.75 Å². The molecule has 0 bridgehead atoms. The molecule has 1 fully saturated rings. The van der Waals surface area contributed by atoms with Gasteiger partial charge < -0.3 is 14.3 Å². The molecule has 0 radical (unpaired) electrons. The molecule has 3 nitrogen and oxygen atoms in total. The summed E-state index contributed by atoms with van der Waals surface area (Å²) >= 11 is 0. The van der Waals surface area contributed by atoms with Crippen LogP contribution in [-0.4, -0.2) is 24.1 Å². The van der Waals surface area contributed by atoms with Crippen molar-refractivity contribution in [1.82, 2.24) is 0 Å². The minimum Gasteiger partial charge on any atom is -0.491 e. The van der Waals surface area contributed by atoms with Crippen molar-refractivity contribution in [3.05, 3.63) is 29.8 Å². The second-order valence-electron chi connectivity index (χ2n) is 6.20. The number of Topliss-reactive ketones (excluding diaryl/α,β-unsaturated/α-hetero) is 1. The number of ketones is 1. The molecule has 1 aliphatic heterocycles. The average molecular weight is 276 g/mol. The first-order valence-electron chi connectivity index (χ1n) is 7.34. The van der Waals surface area contributed by atoms with Crippen molar-refractivity contribution in [1.29, 1.82) is 0 Å². The predicted molar refractivity (Wildman–Crippen MR) is 79.1 cm³/mol. The molecule has 0 N–H and O–H groups in total. The summed E-state index contributed by atoms with van der Waals surface area (Å²) in [6.45, 7) is 6.48. The van der Waals surface area contributed by atoms with E-state index in [0.29, 0.717) is 13.0 Å². The number of ether oxygens (including phenoxy) is 2. The molecule has 20 heavy (non-hydrogen) atoms. The molecule has 3 heteroatoms. The van der Waals surface area contributed by atoms with Crippen molar-refractivity contribution in [2.24, 2.45) is 0 Å². The molecule has 1 unspecified atom stereocenters. The number of rotatable bonds is 6. The molecule has 1 aromatic carbocycles. The molecular formula is C17H24O3. The van der Waals surface area contributed by atoms with E-state index in [2.05, 4.69) is 13.8 Å². The van der Waals surface area contributed by atoms with Crippen molar-refractivity contribution in [3.63, 3.8) is 0 Å². The third-order valence-electron chi connectivity index (χ3n) is 3.68. The Balaban J connectivity index is 1.78. The van der Waals surface area contributed by atoms with Gasteiger partial charge in [0.15, 0.2) is 0 Å². The largest absolute Gasteiger partial charge is 0.491 e. The molecular weight excluding hydrogens is 252 g/mol. The number of benzene rings is 1. The molecule has 0 aromatic heterocycles. The van der Waals surface area contributed by atoms with Crippen LogP contribution < -0.4 is 4.74 Å². The van der Waals surface area contributed by atoms with E-state index in [9.17, 15) is 4.79 Å². The zero-order chi connectivity index (χ0) is 14.6. The van der Waals surface area contributed by atoms with Crippen LogP contribution in [0, 0.1) is 0 Å². The fourth-order valence-corrected chi connectivity index (χ4v) is 2.46. The number of hydrogen-bond donors (Lipinski definition) is 0. The highest BCUT2D eigenvalue weighted by molar-refractivity contribution is 5.75. The molecule has 0 aliphatic carbocycles. The second-order valence-corrected chi connectivity index (χ2v) is 6.20. The standard InChI is InChI=1S/C17H24O3/c1-13(18)4-5-14-6-8-15(9-7-14)19-12-16-10-11-17(2,3)20-16/h6-9,16H,4-5,10-12H2,1-3H3. The molecule has 1 atom stereocenters. The fraction of sp³-hybridized carbons (Fsp3) is 0.588. The van der Waals surface area contributed by atoms with Crippen LogP contribution in [0.2, 0.25) is 0 Å². The van der Waals surface area contributed by atoms with E-state index in [1.807, 2.05) is 24.3 Å². The van der Waals surface area contributed by atoms with Gasteiger partial charge in [0.2, 0.25) is 0 Å². The summed E-state index contributed by atoms with van der Waals surface area (Å²) in [6.07, 6.45) is 3.75. The third-order valence-corrected chi connectivity index (χ3v) is 3.68. The lowest BCUT2D eigenvalue weighted by Gasteiger charge is -2.19. The van der Waals surface area contributed by atoms with Crippen LogP contribution in [-0.2, 0) is 16.0 Å². The minimum absolute atomic E-state index is 0.00935. The van der Waals surface area contributed by atoms with Gasteiger partial charge in [-0.3, -0.25) is 0 Å². The lowest BCUT2D eigenvalue weighted by atomic mass is 10.1. The van der Waals surface area contributed by atoms with Crippen LogP contribution in [0.15, 0.2) is 24.3 Å². The summed E-state index contributed by atoms with van der Waals surface area (Å²) in [6, 6.07) is 7.99. The zero-order valence-electron chi connectivity index (χ0n) is 12.6. The van der Waals surface area contributed by atoms with E-state index in [-0.39, 0.29) is 17.5 Å². The summed E-state index contributed by atoms with van der Waals surface area (Å²) in [5.74, 6) is 1.09. The van der Waals surface area contributed by atoms with Crippen molar-refractivity contribution >= 4 is 5.78 Å². The van der Waals surface area contributed by atoms with Crippen LogP contribution in [0.4, 0.5) is 0 Å². The SMILES string of the molecule is CC(=O)CCc1ccc(OCC2CCC(C)(C)O2)cc1. The van der Waals surface area contributed by atoms with Gasteiger partial charge in [0.1, 0.15) is 18.1 Å². The van der Waals surface area contributed by atoms with Gasteiger partial charge in [-0.1, -0.05) is 12.1 Å². The predicted octanol–water partition coefficient (Wildman–Crippen LogP) is 3.54. The highest BCUT2D eigenvalue weighted by Crippen LogP contribution is 2.29. The fourth-order valence-electron chi connectivity index (χ4n) is 2.46. The second kappa shape index (κ2) is 6.40. The van der Waals surface area contributed by atoms with Crippen LogP contribution in [0.3, 0.4) is 0 Å². The van der Waals surface area contributed by atoms with Gasteiger partial charge in [-0.2, -0.15) is 0 Å². The molecule has 110 valence electrons. The quantitative estimate of drug-likeness (QED) is 0.797. The van der Waals surface area contributed by atoms with Gasteiger partial charge in [0, 0.05) is 6.42 Å². The lowest BCUT2D eigenvalue weighted by Crippen LogP contribution is -2.23. The monoisotopic (exact) mass is 276 g/mol. The topological polar surface area (TPSA) is 35.5 Å².